The number of halogens is 22. The van der Waals surface area contributed by atoms with Crippen molar-refractivity contribution in [3.05, 3.63) is 218 Å². The lowest BCUT2D eigenvalue weighted by atomic mass is 10.1. The summed E-state index contributed by atoms with van der Waals surface area (Å²) in [6.45, 7) is 3.80. The number of ether oxygens (including phenoxy) is 9. The van der Waals surface area contributed by atoms with Crippen LogP contribution in [0.3, 0.4) is 0 Å². The number of pyridine rings is 2. The molecule has 0 amide bonds. The van der Waals surface area contributed by atoms with E-state index in [2.05, 4.69) is 85.1 Å². The number of carbonyl (C=O) groups excluding carboxylic acids is 4. The summed E-state index contributed by atoms with van der Waals surface area (Å²) in [6, 6.07) is 1.74. The van der Waals surface area contributed by atoms with E-state index in [9.17, 15) is 108 Å². The fourth-order valence-electron chi connectivity index (χ4n) is 12.5. The molecule has 3 saturated heterocycles. The molecule has 11 aromatic rings. The van der Waals surface area contributed by atoms with Gasteiger partial charge in [0.1, 0.15) is 23.8 Å². The van der Waals surface area contributed by atoms with Crippen LogP contribution in [0.15, 0.2) is 117 Å². The third-order valence-electron chi connectivity index (χ3n) is 19.3. The number of nitrogens with zero attached hydrogens (tertiary/aromatic N) is 20. The van der Waals surface area contributed by atoms with E-state index in [0.29, 0.717) is 75.4 Å². The minimum Gasteiger partial charge on any atom is -0.464 e. The van der Waals surface area contributed by atoms with Crippen LogP contribution in [-0.2, 0) is 86.2 Å². The number of hydrogen-bond acceptors (Lipinski definition) is 32. The molecule has 0 aliphatic carbocycles. The molecule has 140 heavy (non-hydrogen) atoms. The highest BCUT2D eigenvalue weighted by Gasteiger charge is 2.48. The molecule has 35 nitrogen and oxygen atoms in total. The first-order chi connectivity index (χ1) is 65.5. The molecule has 57 heteroatoms. The van der Waals surface area contributed by atoms with Gasteiger partial charge >= 0.3 is 48.8 Å². The third-order valence-corrected chi connectivity index (χ3v) is 19.9. The predicted molar refractivity (Wildman–Crippen MR) is 444 cm³/mol. The molecule has 8 unspecified atom stereocenters. The van der Waals surface area contributed by atoms with E-state index < -0.39 is 145 Å². The summed E-state index contributed by atoms with van der Waals surface area (Å²) in [4.78, 5) is 97.9. The van der Waals surface area contributed by atoms with Gasteiger partial charge in [0.05, 0.1) is 95.7 Å². The van der Waals surface area contributed by atoms with Crippen LogP contribution in [0, 0.1) is 23.5 Å². The number of aromatic nitrogens is 20. The number of alkyl halides is 15. The van der Waals surface area contributed by atoms with Crippen LogP contribution in [-0.4, -0.2) is 210 Å². The van der Waals surface area contributed by atoms with Gasteiger partial charge in [-0.15, -0.1) is 0 Å². The number of carbonyl (C=O) groups is 4. The van der Waals surface area contributed by atoms with E-state index in [4.69, 9.17) is 82.5 Å². The minimum absolute atomic E-state index is 0. The molecule has 11 aromatic heterocycles. The van der Waals surface area contributed by atoms with Gasteiger partial charge in [-0.25, -0.2) is 83.4 Å². The molecule has 10 atom stereocenters. The summed E-state index contributed by atoms with van der Waals surface area (Å²) in [5, 5.41) is 29.9. The van der Waals surface area contributed by atoms with Crippen molar-refractivity contribution in [3.63, 3.8) is 0 Å². The molecule has 3 fully saturated rings. The average Bonchev–Trinajstić information content (AvgIpc) is 1.63. The number of methoxy groups -OCH3 is 1. The Balaban J connectivity index is 0.000000216. The second kappa shape index (κ2) is 51.2. The highest BCUT2D eigenvalue weighted by Crippen LogP contribution is 2.43. The average molecular weight is 2070 g/mol. The Morgan fingerprint density at radius 1 is 0.421 bits per heavy atom. The van der Waals surface area contributed by atoms with Gasteiger partial charge < -0.3 is 52.8 Å². The first-order valence-electron chi connectivity index (χ1n) is 40.5. The number of aryl methyl sites for hydroxylation is 3. The van der Waals surface area contributed by atoms with Gasteiger partial charge in [-0.05, 0) is 119 Å². The van der Waals surface area contributed by atoms with E-state index >= 15 is 0 Å². The summed E-state index contributed by atoms with van der Waals surface area (Å²) < 4.78 is 299. The van der Waals surface area contributed by atoms with Crippen LogP contribution < -0.4 is 0 Å². The van der Waals surface area contributed by atoms with E-state index in [0.717, 1.165) is 106 Å². The quantitative estimate of drug-likeness (QED) is 0.0142. The van der Waals surface area contributed by atoms with Crippen molar-refractivity contribution in [1.29, 1.82) is 0 Å². The standard InChI is InChI=1S/C24H24F5N5O4.C19H16F5N5O3.C17H19F3N4O4.C11H12ClF3N2O2.C6H4ClF3N2O.C5H3ClN2O.CH4/c1-13(16-7-15(25)11-30-22(16)26)37-19(35)8-18-17(12-33-34(18)2)23-31-9-14(10-32-23)21(24(27,28)29)38-20-5-3-4-6-36-20;1-9(12-3-11(20)7-25-17(12)21)32-15(30)4-14-13(8-28-29(14)2)18-26-5-10(6-27-18)16(31)19(22,23)24;1-24-13(16(25)26-2)11(9-23-24)15-21-7-10(8-22-15)14(17(18,19)20)28-12-5-3-4-6-27-12;12-10-16-5-7(6-17-10)9(11(13,14)15)19-8-3-1-2-4-18-8;7-5-11-1-3(2-12-5)4(13)6(8,9)10;6-5-7-1-4(3-9)2-8-5;/h7,9-13,20-21H,3-6,8H2,1-2H3;3,5-9,16,31H,4H2,1-2H3;7-9,12,14H,3-6H2,1-2H3;5-6,8-9H,1-4H2;1-2,4,13H;1-3H;1H4/t13-,20?,21?;9-,16?;;;;;/m11...../s1. The number of rotatable bonds is 24. The van der Waals surface area contributed by atoms with Gasteiger partial charge in [-0.1, -0.05) is 7.43 Å². The topological polar surface area (TPSA) is 426 Å². The first kappa shape index (κ1) is 113. The van der Waals surface area contributed by atoms with Gasteiger partial charge in [0, 0.05) is 143 Å². The van der Waals surface area contributed by atoms with Crippen LogP contribution >= 0.6 is 34.8 Å². The largest absolute Gasteiger partial charge is 0.464 e. The van der Waals surface area contributed by atoms with Crippen molar-refractivity contribution >= 4 is 59.0 Å². The summed E-state index contributed by atoms with van der Waals surface area (Å²) in [6.07, 6.45) is -17.2. The number of aliphatic hydroxyl groups excluding tert-OH is 2. The lowest BCUT2D eigenvalue weighted by Gasteiger charge is -2.28. The number of esters is 3. The fourth-order valence-corrected chi connectivity index (χ4v) is 12.7. The maximum atomic E-state index is 13.9. The molecule has 0 radical (unpaired) electrons. The fraction of sp³-hybridized carbons (Fsp3) is 0.434. The first-order valence-corrected chi connectivity index (χ1v) is 41.6. The van der Waals surface area contributed by atoms with Crippen LogP contribution in [0.1, 0.15) is 193 Å². The van der Waals surface area contributed by atoms with Crippen LogP contribution in [0.5, 0.6) is 0 Å². The number of aldehydes is 1. The smallest absolute Gasteiger partial charge is 0.419 e. The zero-order chi connectivity index (χ0) is 102. The van der Waals surface area contributed by atoms with E-state index in [1.807, 2.05) is 0 Å². The van der Waals surface area contributed by atoms with Crippen LogP contribution in [0.25, 0.3) is 34.2 Å². The Hall–Kier alpha value is -12.3. The van der Waals surface area contributed by atoms with Gasteiger partial charge in [-0.3, -0.25) is 28.4 Å². The van der Waals surface area contributed by atoms with Crippen molar-refractivity contribution < 1.29 is 155 Å². The highest BCUT2D eigenvalue weighted by molar-refractivity contribution is 6.28. The van der Waals surface area contributed by atoms with E-state index in [1.165, 1.54) is 87.1 Å². The van der Waals surface area contributed by atoms with Gasteiger partial charge in [0.25, 0.3) is 0 Å². The molecule has 0 aromatic carbocycles. The lowest BCUT2D eigenvalue weighted by Crippen LogP contribution is -2.31. The molecule has 758 valence electrons. The monoisotopic (exact) mass is 2060 g/mol. The van der Waals surface area contributed by atoms with Crippen molar-refractivity contribution in [1.82, 2.24) is 99.1 Å². The second-order valence-corrected chi connectivity index (χ2v) is 30.4. The second-order valence-electron chi connectivity index (χ2n) is 29.4. The van der Waals surface area contributed by atoms with Crippen molar-refractivity contribution in [3.8, 4) is 34.2 Å². The van der Waals surface area contributed by atoms with Gasteiger partial charge in [0.2, 0.25) is 27.7 Å². The maximum absolute atomic E-state index is 13.9. The molecule has 14 heterocycles. The maximum Gasteiger partial charge on any atom is 0.419 e. The number of aliphatic hydroxyl groups is 2. The van der Waals surface area contributed by atoms with E-state index in [-0.39, 0.29) is 109 Å². The summed E-state index contributed by atoms with van der Waals surface area (Å²) >= 11 is 16.0. The summed E-state index contributed by atoms with van der Waals surface area (Å²) in [5.41, 5.74) is -0.354. The SMILES string of the molecule is C.COC(=O)c1c(-c2ncc(C(OC3CCCCO3)C(F)(F)F)cn2)cnn1C.C[C@@H](OC(=O)Cc1c(-c2ncc(C(O)C(F)(F)F)cn2)cnn1C)c1cc(F)cnc1F.C[C@@H](OC(=O)Cc1c(-c2ncc(C(OC3CCCCO3)C(F)(F)F)cn2)cnn1C)c1cc(F)cnc1F.FC(F)(F)C(OC1CCCCO1)c1cnc(Cl)nc1.O=Cc1cnc(Cl)nc1.OC(c1cnc(Cl)nc1)C(F)(F)F. The molecule has 3 aliphatic rings. The molecular weight excluding hydrogens is 1980 g/mol. The lowest BCUT2D eigenvalue weighted by molar-refractivity contribution is -0.282. The van der Waals surface area contributed by atoms with Crippen molar-refractivity contribution in [2.24, 2.45) is 21.1 Å². The molecule has 0 bridgehead atoms. The Bertz CT molecular complexity index is 5800. The Morgan fingerprint density at radius 3 is 1.01 bits per heavy atom. The Morgan fingerprint density at radius 2 is 0.714 bits per heavy atom. The zero-order valence-corrected chi connectivity index (χ0v) is 74.9. The molecular formula is C83H82Cl3F19N20O15. The van der Waals surface area contributed by atoms with Crippen LogP contribution in [0.2, 0.25) is 15.9 Å². The summed E-state index contributed by atoms with van der Waals surface area (Å²) in [5.74, 6) is -5.77. The predicted octanol–water partition coefficient (Wildman–Crippen LogP) is 16.9. The Labute approximate surface area is 795 Å². The van der Waals surface area contributed by atoms with Crippen LogP contribution in [0.4, 0.5) is 83.4 Å². The minimum atomic E-state index is -4.87. The highest BCUT2D eigenvalue weighted by atomic mass is 35.5. The van der Waals surface area contributed by atoms with Crippen molar-refractivity contribution in [2.75, 3.05) is 26.9 Å². The summed E-state index contributed by atoms with van der Waals surface area (Å²) in [7, 11) is 5.79. The molecule has 0 saturated carbocycles. The molecule has 2 N–H and O–H groups in total. The Kier molecular flexibility index (Phi) is 41.3. The zero-order valence-electron chi connectivity index (χ0n) is 72.7. The molecule has 14 rings (SSSR count). The van der Waals surface area contributed by atoms with Gasteiger partial charge in [0.15, 0.2) is 78.8 Å². The molecule has 3 aliphatic heterocycles. The normalized spacial score (nSPS) is 16.6. The molecule has 0 spiro atoms. The van der Waals surface area contributed by atoms with E-state index in [1.54, 1.807) is 0 Å². The third kappa shape index (κ3) is 33.2. The number of hydrogen-bond donors (Lipinski definition) is 2. The van der Waals surface area contributed by atoms with Crippen molar-refractivity contribution in [2.45, 2.75) is 184 Å². The van der Waals surface area contributed by atoms with Gasteiger partial charge in [-0.2, -0.15) is 89.9 Å².